The lowest BCUT2D eigenvalue weighted by atomic mass is 10.1. The Balaban J connectivity index is 2.47. The van der Waals surface area contributed by atoms with Crippen molar-refractivity contribution < 1.29 is 10.2 Å². The van der Waals surface area contributed by atoms with Crippen molar-refractivity contribution in [2.45, 2.75) is 90.9 Å². The molecule has 0 radical (unpaired) electrons. The van der Waals surface area contributed by atoms with E-state index in [1.54, 1.807) is 6.07 Å². The van der Waals surface area contributed by atoms with E-state index in [0.717, 1.165) is 31.6 Å². The minimum atomic E-state index is -0.0200. The summed E-state index contributed by atoms with van der Waals surface area (Å²) in [6.45, 7) is 6.40. The van der Waals surface area contributed by atoms with Crippen LogP contribution in [0.15, 0.2) is 18.2 Å². The van der Waals surface area contributed by atoms with Gasteiger partial charge in [-0.1, -0.05) is 84.1 Å². The van der Waals surface area contributed by atoms with Crippen LogP contribution in [0.25, 0.3) is 0 Å². The van der Waals surface area contributed by atoms with Crippen LogP contribution in [0.4, 0.5) is 5.69 Å². The Morgan fingerprint density at radius 2 is 1.16 bits per heavy atom. The molecular formula is C22H39NO2. The standard InChI is InChI=1S/C22H39NO2/c1-3-5-7-9-11-13-18-23(19-14-12-10-8-6-4-2)20-16-15-17-21(24)22(20)25/h15-17,24-25H,3-14,18-19H2,1-2H3. The summed E-state index contributed by atoms with van der Waals surface area (Å²) in [6, 6.07) is 5.29. The summed E-state index contributed by atoms with van der Waals surface area (Å²) < 4.78 is 0. The number of para-hydroxylation sites is 1. The Labute approximate surface area is 155 Å². The summed E-state index contributed by atoms with van der Waals surface area (Å²) in [4.78, 5) is 2.26. The highest BCUT2D eigenvalue weighted by Crippen LogP contribution is 2.35. The smallest absolute Gasteiger partial charge is 0.181 e. The minimum Gasteiger partial charge on any atom is -0.504 e. The SMILES string of the molecule is CCCCCCCCN(CCCCCCCC)c1cccc(O)c1O. The first-order chi connectivity index (χ1) is 12.2. The lowest BCUT2D eigenvalue weighted by Crippen LogP contribution is -2.25. The first-order valence-corrected chi connectivity index (χ1v) is 10.5. The van der Waals surface area contributed by atoms with Crippen LogP contribution in [-0.2, 0) is 0 Å². The van der Waals surface area contributed by atoms with Crippen LogP contribution in [0.2, 0.25) is 0 Å². The van der Waals surface area contributed by atoms with Crippen molar-refractivity contribution in [2.75, 3.05) is 18.0 Å². The Kier molecular flexibility index (Phi) is 12.0. The van der Waals surface area contributed by atoms with E-state index in [2.05, 4.69) is 18.7 Å². The summed E-state index contributed by atoms with van der Waals surface area (Å²) in [6.07, 6.45) is 15.2. The summed E-state index contributed by atoms with van der Waals surface area (Å²) in [5.74, 6) is 0.00728. The maximum Gasteiger partial charge on any atom is 0.181 e. The van der Waals surface area contributed by atoms with E-state index in [9.17, 15) is 10.2 Å². The molecule has 3 nitrogen and oxygen atoms in total. The molecule has 0 fully saturated rings. The molecule has 2 N–H and O–H groups in total. The van der Waals surface area contributed by atoms with Gasteiger partial charge < -0.3 is 15.1 Å². The van der Waals surface area contributed by atoms with Crippen LogP contribution in [0.1, 0.15) is 90.9 Å². The largest absolute Gasteiger partial charge is 0.504 e. The number of unbranched alkanes of at least 4 members (excludes halogenated alkanes) is 10. The molecule has 0 aliphatic heterocycles. The number of aromatic hydroxyl groups is 2. The van der Waals surface area contributed by atoms with Crippen molar-refractivity contribution in [3.63, 3.8) is 0 Å². The summed E-state index contributed by atoms with van der Waals surface area (Å²) in [5, 5.41) is 20.0. The van der Waals surface area contributed by atoms with Gasteiger partial charge in [0.1, 0.15) is 0 Å². The van der Waals surface area contributed by atoms with E-state index in [1.165, 1.54) is 64.2 Å². The normalized spacial score (nSPS) is 11.0. The molecular weight excluding hydrogens is 310 g/mol. The molecule has 0 aliphatic carbocycles. The van der Waals surface area contributed by atoms with E-state index in [4.69, 9.17) is 0 Å². The fourth-order valence-electron chi connectivity index (χ4n) is 3.29. The zero-order valence-electron chi connectivity index (χ0n) is 16.5. The van der Waals surface area contributed by atoms with Gasteiger partial charge in [-0.25, -0.2) is 0 Å². The van der Waals surface area contributed by atoms with Crippen molar-refractivity contribution in [1.29, 1.82) is 0 Å². The van der Waals surface area contributed by atoms with Crippen LogP contribution >= 0.6 is 0 Å². The number of rotatable bonds is 15. The van der Waals surface area contributed by atoms with Crippen molar-refractivity contribution in [2.24, 2.45) is 0 Å². The van der Waals surface area contributed by atoms with Gasteiger partial charge in [0, 0.05) is 13.1 Å². The van der Waals surface area contributed by atoms with E-state index in [0.29, 0.717) is 0 Å². The third-order valence-corrected chi connectivity index (χ3v) is 4.90. The summed E-state index contributed by atoms with van der Waals surface area (Å²) >= 11 is 0. The number of hydrogen-bond acceptors (Lipinski definition) is 3. The second-order valence-corrected chi connectivity index (χ2v) is 7.17. The molecule has 1 aromatic carbocycles. The number of anilines is 1. The second-order valence-electron chi connectivity index (χ2n) is 7.17. The van der Waals surface area contributed by atoms with Gasteiger partial charge in [0.25, 0.3) is 0 Å². The molecule has 1 aromatic rings. The molecule has 1 rings (SSSR count). The van der Waals surface area contributed by atoms with Gasteiger partial charge in [-0.15, -0.1) is 0 Å². The van der Waals surface area contributed by atoms with E-state index < -0.39 is 0 Å². The fraction of sp³-hybridized carbons (Fsp3) is 0.727. The summed E-state index contributed by atoms with van der Waals surface area (Å²) in [5.41, 5.74) is 0.780. The Hall–Kier alpha value is -1.38. The number of phenols is 2. The molecule has 25 heavy (non-hydrogen) atoms. The van der Waals surface area contributed by atoms with Crippen LogP contribution in [-0.4, -0.2) is 23.3 Å². The van der Waals surface area contributed by atoms with E-state index in [-0.39, 0.29) is 11.5 Å². The van der Waals surface area contributed by atoms with Gasteiger partial charge in [-0.2, -0.15) is 0 Å². The second kappa shape index (κ2) is 13.9. The number of phenolic OH excluding ortho intramolecular Hbond substituents is 2. The van der Waals surface area contributed by atoms with Crippen molar-refractivity contribution in [1.82, 2.24) is 0 Å². The number of benzene rings is 1. The maximum atomic E-state index is 10.2. The molecule has 0 aromatic heterocycles. The summed E-state index contributed by atoms with van der Waals surface area (Å²) in [7, 11) is 0. The predicted octanol–water partition coefficient (Wildman–Crippen LogP) is 6.63. The highest BCUT2D eigenvalue weighted by atomic mass is 16.3. The molecule has 0 spiro atoms. The van der Waals surface area contributed by atoms with Gasteiger partial charge in [0.05, 0.1) is 5.69 Å². The lowest BCUT2D eigenvalue weighted by molar-refractivity contribution is 0.403. The maximum absolute atomic E-state index is 10.2. The minimum absolute atomic E-state index is 0.0200. The van der Waals surface area contributed by atoms with Crippen molar-refractivity contribution >= 4 is 5.69 Å². The average molecular weight is 350 g/mol. The topological polar surface area (TPSA) is 43.7 Å². The average Bonchev–Trinajstić information content (AvgIpc) is 2.61. The quantitative estimate of drug-likeness (QED) is 0.276. The first-order valence-electron chi connectivity index (χ1n) is 10.5. The van der Waals surface area contributed by atoms with Crippen LogP contribution in [0.5, 0.6) is 11.5 Å². The predicted molar refractivity (Wildman–Crippen MR) is 109 cm³/mol. The Morgan fingerprint density at radius 1 is 0.680 bits per heavy atom. The highest BCUT2D eigenvalue weighted by Gasteiger charge is 2.13. The van der Waals surface area contributed by atoms with Gasteiger partial charge in [-0.3, -0.25) is 0 Å². The third kappa shape index (κ3) is 9.04. The van der Waals surface area contributed by atoms with Crippen LogP contribution in [0.3, 0.4) is 0 Å². The third-order valence-electron chi connectivity index (χ3n) is 4.90. The van der Waals surface area contributed by atoms with Gasteiger partial charge >= 0.3 is 0 Å². The van der Waals surface area contributed by atoms with Gasteiger partial charge in [0.15, 0.2) is 11.5 Å². The fourth-order valence-corrected chi connectivity index (χ4v) is 3.29. The molecule has 0 unspecified atom stereocenters. The molecule has 0 aliphatic rings. The molecule has 0 saturated carbocycles. The zero-order chi connectivity index (χ0) is 18.3. The van der Waals surface area contributed by atoms with Crippen LogP contribution < -0.4 is 4.90 Å². The van der Waals surface area contributed by atoms with Gasteiger partial charge in [-0.05, 0) is 25.0 Å². The Bertz CT molecular complexity index is 432. The lowest BCUT2D eigenvalue weighted by Gasteiger charge is -2.26. The molecule has 0 atom stereocenters. The Morgan fingerprint density at radius 3 is 1.68 bits per heavy atom. The van der Waals surface area contributed by atoms with Crippen molar-refractivity contribution in [3.05, 3.63) is 18.2 Å². The number of hydrogen-bond donors (Lipinski definition) is 2. The molecule has 144 valence electrons. The van der Waals surface area contributed by atoms with Crippen LogP contribution in [0, 0.1) is 0 Å². The molecule has 0 saturated heterocycles. The van der Waals surface area contributed by atoms with E-state index >= 15 is 0 Å². The molecule has 0 bridgehead atoms. The zero-order valence-corrected chi connectivity index (χ0v) is 16.5. The molecule has 3 heteroatoms. The molecule has 0 heterocycles. The highest BCUT2D eigenvalue weighted by molar-refractivity contribution is 5.63. The molecule has 0 amide bonds. The van der Waals surface area contributed by atoms with E-state index in [1.807, 2.05) is 12.1 Å². The first kappa shape index (κ1) is 21.7. The number of nitrogens with zero attached hydrogens (tertiary/aromatic N) is 1. The monoisotopic (exact) mass is 349 g/mol. The van der Waals surface area contributed by atoms with Gasteiger partial charge in [0.2, 0.25) is 0 Å². The van der Waals surface area contributed by atoms with Crippen molar-refractivity contribution in [3.8, 4) is 11.5 Å².